The van der Waals surface area contributed by atoms with Crippen molar-refractivity contribution in [3.05, 3.63) is 59.4 Å². The minimum Gasteiger partial charge on any atom is -0.465 e. The number of carbonyl (C=O) groups is 1. The zero-order chi connectivity index (χ0) is 14.5. The molecule has 0 spiro atoms. The van der Waals surface area contributed by atoms with Crippen molar-refractivity contribution in [3.63, 3.8) is 0 Å². The maximum absolute atomic E-state index is 13.8. The number of nitrogens with zero attached hydrogens (tertiary/aromatic N) is 1. The summed E-state index contributed by atoms with van der Waals surface area (Å²) in [6.07, 6.45) is 0. The van der Waals surface area contributed by atoms with Crippen LogP contribution >= 0.6 is 11.8 Å². The third-order valence-electron chi connectivity index (χ3n) is 2.56. The average Bonchev–Trinajstić information content (AvgIpc) is 2.47. The van der Waals surface area contributed by atoms with E-state index in [2.05, 4.69) is 4.74 Å². The van der Waals surface area contributed by atoms with Gasteiger partial charge in [0.05, 0.1) is 24.3 Å². The predicted octanol–water partition coefficient (Wildman–Crippen LogP) is 3.64. The third kappa shape index (κ3) is 3.16. The Morgan fingerprint density at radius 2 is 1.85 bits per heavy atom. The van der Waals surface area contributed by atoms with Crippen molar-refractivity contribution in [2.24, 2.45) is 0 Å². The summed E-state index contributed by atoms with van der Waals surface area (Å²) in [7, 11) is 1.21. The van der Waals surface area contributed by atoms with Crippen LogP contribution in [0, 0.1) is 17.1 Å². The van der Waals surface area contributed by atoms with Gasteiger partial charge in [-0.1, -0.05) is 11.8 Å². The molecule has 0 aromatic heterocycles. The largest absolute Gasteiger partial charge is 0.465 e. The van der Waals surface area contributed by atoms with E-state index in [1.165, 1.54) is 31.0 Å². The molecule has 0 aliphatic heterocycles. The number of carbonyl (C=O) groups excluding carboxylic acids is 1. The van der Waals surface area contributed by atoms with E-state index in [0.717, 1.165) is 4.90 Å². The zero-order valence-electron chi connectivity index (χ0n) is 10.6. The normalized spacial score (nSPS) is 9.85. The number of hydrogen-bond acceptors (Lipinski definition) is 4. The summed E-state index contributed by atoms with van der Waals surface area (Å²) >= 11 is 1.35. The number of methoxy groups -OCH3 is 1. The third-order valence-corrected chi connectivity index (χ3v) is 3.56. The van der Waals surface area contributed by atoms with Crippen LogP contribution in [0.25, 0.3) is 0 Å². The van der Waals surface area contributed by atoms with Gasteiger partial charge in [-0.05, 0) is 42.5 Å². The topological polar surface area (TPSA) is 50.1 Å². The van der Waals surface area contributed by atoms with Gasteiger partial charge in [-0.3, -0.25) is 0 Å². The summed E-state index contributed by atoms with van der Waals surface area (Å²) in [5.74, 6) is -1.31. The van der Waals surface area contributed by atoms with Gasteiger partial charge in [0.15, 0.2) is 0 Å². The number of esters is 1. The molecule has 0 atom stereocenters. The molecule has 0 aliphatic carbocycles. The van der Waals surface area contributed by atoms with E-state index >= 15 is 0 Å². The van der Waals surface area contributed by atoms with Gasteiger partial charge in [0.1, 0.15) is 5.82 Å². The highest BCUT2D eigenvalue weighted by atomic mass is 32.2. The number of halogens is 1. The Morgan fingerprint density at radius 1 is 1.20 bits per heavy atom. The van der Waals surface area contributed by atoms with Crippen molar-refractivity contribution in [2.45, 2.75) is 9.79 Å². The molecule has 0 N–H and O–H groups in total. The molecule has 2 aromatic rings. The molecule has 0 saturated heterocycles. The van der Waals surface area contributed by atoms with Crippen molar-refractivity contribution in [3.8, 4) is 6.07 Å². The Labute approximate surface area is 120 Å². The van der Waals surface area contributed by atoms with Crippen molar-refractivity contribution in [1.82, 2.24) is 0 Å². The summed E-state index contributed by atoms with van der Waals surface area (Å²) in [6.45, 7) is 0. The molecule has 5 heteroatoms. The fraction of sp³-hybridized carbons (Fsp3) is 0.0667. The van der Waals surface area contributed by atoms with Gasteiger partial charge in [0.2, 0.25) is 0 Å². The predicted molar refractivity (Wildman–Crippen MR) is 73.0 cm³/mol. The monoisotopic (exact) mass is 287 g/mol. The van der Waals surface area contributed by atoms with E-state index < -0.39 is 11.8 Å². The minimum atomic E-state index is -0.697. The van der Waals surface area contributed by atoms with Crippen LogP contribution in [0.1, 0.15) is 15.9 Å². The van der Waals surface area contributed by atoms with E-state index in [1.807, 2.05) is 6.07 Å². The maximum Gasteiger partial charge on any atom is 0.340 e. The molecule has 0 saturated carbocycles. The van der Waals surface area contributed by atoms with Crippen LogP contribution in [0.15, 0.2) is 52.3 Å². The number of hydrogen-bond donors (Lipinski definition) is 0. The smallest absolute Gasteiger partial charge is 0.340 e. The standard InChI is InChI=1S/C15H10FNO2S/c1-19-15(18)13-7-6-12(8-14(13)16)20-11-4-2-10(9-17)3-5-11/h2-8H,1H3. The van der Waals surface area contributed by atoms with Crippen molar-refractivity contribution >= 4 is 17.7 Å². The highest BCUT2D eigenvalue weighted by Gasteiger charge is 2.12. The van der Waals surface area contributed by atoms with Crippen LogP contribution in [0.4, 0.5) is 4.39 Å². The molecule has 0 fully saturated rings. The van der Waals surface area contributed by atoms with Crippen LogP contribution in [0.2, 0.25) is 0 Å². The summed E-state index contributed by atoms with van der Waals surface area (Å²) in [5, 5.41) is 8.71. The van der Waals surface area contributed by atoms with Crippen LogP contribution in [-0.4, -0.2) is 13.1 Å². The summed E-state index contributed by atoms with van der Waals surface area (Å²) in [5.41, 5.74) is 0.484. The molecule has 0 aliphatic rings. The lowest BCUT2D eigenvalue weighted by Crippen LogP contribution is -2.04. The SMILES string of the molecule is COC(=O)c1ccc(Sc2ccc(C#N)cc2)cc1F. The first-order valence-corrected chi connectivity index (χ1v) is 6.51. The molecule has 0 radical (unpaired) electrons. The molecular weight excluding hydrogens is 277 g/mol. The van der Waals surface area contributed by atoms with Crippen LogP contribution in [0.5, 0.6) is 0 Å². The molecule has 2 aromatic carbocycles. The lowest BCUT2D eigenvalue weighted by Gasteiger charge is -2.05. The quantitative estimate of drug-likeness (QED) is 0.809. The fourth-order valence-corrected chi connectivity index (χ4v) is 2.41. The van der Waals surface area contributed by atoms with Gasteiger partial charge < -0.3 is 4.74 Å². The minimum absolute atomic E-state index is 0.0864. The summed E-state index contributed by atoms with van der Waals surface area (Å²) in [6, 6.07) is 13.3. The molecular formula is C15H10FNO2S. The van der Waals surface area contributed by atoms with Crippen molar-refractivity contribution in [2.75, 3.05) is 7.11 Å². The number of rotatable bonds is 3. The second-order valence-electron chi connectivity index (χ2n) is 3.87. The van der Waals surface area contributed by atoms with E-state index in [9.17, 15) is 9.18 Å². The Morgan fingerprint density at radius 3 is 2.40 bits per heavy atom. The Bertz CT molecular complexity index is 677. The van der Waals surface area contributed by atoms with E-state index in [-0.39, 0.29) is 5.56 Å². The highest BCUT2D eigenvalue weighted by Crippen LogP contribution is 2.29. The van der Waals surface area contributed by atoms with Gasteiger partial charge in [-0.25, -0.2) is 9.18 Å². The van der Waals surface area contributed by atoms with E-state index in [0.29, 0.717) is 10.5 Å². The number of nitriles is 1. The van der Waals surface area contributed by atoms with Crippen molar-refractivity contribution in [1.29, 1.82) is 5.26 Å². The zero-order valence-corrected chi connectivity index (χ0v) is 11.4. The molecule has 20 heavy (non-hydrogen) atoms. The lowest BCUT2D eigenvalue weighted by molar-refractivity contribution is 0.0595. The average molecular weight is 287 g/mol. The fourth-order valence-electron chi connectivity index (χ4n) is 1.57. The van der Waals surface area contributed by atoms with Gasteiger partial charge in [-0.2, -0.15) is 5.26 Å². The van der Waals surface area contributed by atoms with Crippen molar-refractivity contribution < 1.29 is 13.9 Å². The Balaban J connectivity index is 2.20. The van der Waals surface area contributed by atoms with Gasteiger partial charge in [0, 0.05) is 9.79 Å². The molecule has 3 nitrogen and oxygen atoms in total. The lowest BCUT2D eigenvalue weighted by atomic mass is 10.2. The highest BCUT2D eigenvalue weighted by molar-refractivity contribution is 7.99. The van der Waals surface area contributed by atoms with Gasteiger partial charge >= 0.3 is 5.97 Å². The first-order chi connectivity index (χ1) is 9.63. The second-order valence-corrected chi connectivity index (χ2v) is 5.02. The Kier molecular flexibility index (Phi) is 4.38. The summed E-state index contributed by atoms with van der Waals surface area (Å²) in [4.78, 5) is 12.8. The molecule has 100 valence electrons. The van der Waals surface area contributed by atoms with Crippen LogP contribution in [-0.2, 0) is 4.74 Å². The van der Waals surface area contributed by atoms with Gasteiger partial charge in [-0.15, -0.1) is 0 Å². The van der Waals surface area contributed by atoms with Gasteiger partial charge in [0.25, 0.3) is 0 Å². The number of benzene rings is 2. The molecule has 0 unspecified atom stereocenters. The van der Waals surface area contributed by atoms with E-state index in [4.69, 9.17) is 5.26 Å². The summed E-state index contributed by atoms with van der Waals surface area (Å²) < 4.78 is 18.2. The molecule has 0 amide bonds. The van der Waals surface area contributed by atoms with Crippen LogP contribution < -0.4 is 0 Å². The van der Waals surface area contributed by atoms with Crippen LogP contribution in [0.3, 0.4) is 0 Å². The molecule has 0 bridgehead atoms. The first kappa shape index (κ1) is 14.1. The first-order valence-electron chi connectivity index (χ1n) is 5.70. The molecule has 2 rings (SSSR count). The maximum atomic E-state index is 13.8. The van der Waals surface area contributed by atoms with E-state index in [1.54, 1.807) is 30.3 Å². The Hall–Kier alpha value is -2.32. The molecule has 0 heterocycles. The number of ether oxygens (including phenoxy) is 1. The second kappa shape index (κ2) is 6.22.